The van der Waals surface area contributed by atoms with E-state index in [2.05, 4.69) is 0 Å². The molecule has 0 radical (unpaired) electrons. The molecule has 0 aliphatic carbocycles. The molecule has 0 spiro atoms. The van der Waals surface area contributed by atoms with Crippen molar-refractivity contribution in [2.45, 2.75) is 0 Å². The Bertz CT molecular complexity index is 681. The molecule has 0 atom stereocenters. The minimum atomic E-state index is -0.634. The van der Waals surface area contributed by atoms with Gasteiger partial charge in [-0.3, -0.25) is 4.79 Å². The molecule has 0 N–H and O–H groups in total. The number of ether oxygens (including phenoxy) is 2. The summed E-state index contributed by atoms with van der Waals surface area (Å²) in [7, 11) is 1.52. The highest BCUT2D eigenvalue weighted by Gasteiger charge is 2.16. The van der Waals surface area contributed by atoms with Crippen molar-refractivity contribution in [1.29, 1.82) is 0 Å². The second-order valence-electron chi connectivity index (χ2n) is 4.04. The Morgan fingerprint density at radius 1 is 1.14 bits per heavy atom. The molecule has 0 aliphatic heterocycles. The van der Waals surface area contributed by atoms with Gasteiger partial charge in [0, 0.05) is 5.02 Å². The number of halogens is 2. The predicted molar refractivity (Wildman–Crippen MR) is 79.8 cm³/mol. The van der Waals surface area contributed by atoms with Crippen LogP contribution in [-0.4, -0.2) is 19.4 Å². The zero-order valence-electron chi connectivity index (χ0n) is 10.9. The summed E-state index contributed by atoms with van der Waals surface area (Å²) in [5, 5.41) is 0.373. The van der Waals surface area contributed by atoms with Gasteiger partial charge in [-0.2, -0.15) is 0 Å². The smallest absolute Gasteiger partial charge is 0.343 e. The van der Waals surface area contributed by atoms with Gasteiger partial charge >= 0.3 is 5.97 Å². The molecule has 21 heavy (non-hydrogen) atoms. The Kier molecular flexibility index (Phi) is 4.83. The lowest BCUT2D eigenvalue weighted by molar-refractivity contribution is 0.0733. The van der Waals surface area contributed by atoms with E-state index in [1.165, 1.54) is 19.2 Å². The summed E-state index contributed by atoms with van der Waals surface area (Å²) >= 11 is 11.7. The van der Waals surface area contributed by atoms with Gasteiger partial charge in [0.1, 0.15) is 5.75 Å². The van der Waals surface area contributed by atoms with Crippen LogP contribution in [0.1, 0.15) is 20.7 Å². The number of aldehydes is 1. The number of hydrogen-bond acceptors (Lipinski definition) is 4. The fraction of sp³-hybridized carbons (Fsp3) is 0.0667. The van der Waals surface area contributed by atoms with Gasteiger partial charge < -0.3 is 9.47 Å². The van der Waals surface area contributed by atoms with Gasteiger partial charge in [-0.15, -0.1) is 0 Å². The summed E-state index contributed by atoms with van der Waals surface area (Å²) in [6.45, 7) is 0. The molecule has 0 aliphatic rings. The van der Waals surface area contributed by atoms with Crippen LogP contribution in [-0.2, 0) is 0 Å². The molecule has 0 fully saturated rings. The van der Waals surface area contributed by atoms with Crippen molar-refractivity contribution < 1.29 is 19.1 Å². The Morgan fingerprint density at radius 2 is 1.81 bits per heavy atom. The average molecular weight is 325 g/mol. The monoisotopic (exact) mass is 324 g/mol. The van der Waals surface area contributed by atoms with Crippen molar-refractivity contribution in [1.82, 2.24) is 0 Å². The van der Waals surface area contributed by atoms with Crippen LogP contribution in [0.3, 0.4) is 0 Å². The van der Waals surface area contributed by atoms with Crippen LogP contribution in [0.25, 0.3) is 0 Å². The lowest BCUT2D eigenvalue weighted by atomic mass is 10.2. The first-order valence-corrected chi connectivity index (χ1v) is 6.61. The van der Waals surface area contributed by atoms with E-state index >= 15 is 0 Å². The molecule has 0 bridgehead atoms. The van der Waals surface area contributed by atoms with Crippen molar-refractivity contribution in [3.63, 3.8) is 0 Å². The lowest BCUT2D eigenvalue weighted by Crippen LogP contribution is -2.10. The van der Waals surface area contributed by atoms with Crippen molar-refractivity contribution in [2.24, 2.45) is 0 Å². The summed E-state index contributed by atoms with van der Waals surface area (Å²) < 4.78 is 10.2. The first kappa shape index (κ1) is 15.4. The molecular weight excluding hydrogens is 315 g/mol. The zero-order chi connectivity index (χ0) is 15.4. The lowest BCUT2D eigenvalue weighted by Gasteiger charge is -2.09. The molecule has 2 rings (SSSR count). The summed E-state index contributed by atoms with van der Waals surface area (Å²) in [6.07, 6.45) is 0.522. The molecule has 2 aromatic carbocycles. The highest BCUT2D eigenvalue weighted by molar-refractivity contribution is 6.36. The van der Waals surface area contributed by atoms with E-state index in [9.17, 15) is 9.59 Å². The van der Waals surface area contributed by atoms with Gasteiger partial charge in [0.15, 0.2) is 12.0 Å². The Labute approximate surface area is 131 Å². The van der Waals surface area contributed by atoms with Crippen LogP contribution >= 0.6 is 23.2 Å². The van der Waals surface area contributed by atoms with Crippen LogP contribution in [0.15, 0.2) is 36.4 Å². The third-order valence-corrected chi connectivity index (χ3v) is 3.18. The van der Waals surface area contributed by atoms with Gasteiger partial charge in [0.2, 0.25) is 0 Å². The maximum absolute atomic E-state index is 12.0. The standard InChI is InChI=1S/C15H10Cl2O4/c1-20-12-4-2-9(3-5-12)15(19)21-14-10(8-18)6-11(16)7-13(14)17/h2-8H,1H3. The predicted octanol–water partition coefficient (Wildman–Crippen LogP) is 4.03. The number of carbonyl (C=O) groups excluding carboxylic acids is 2. The van der Waals surface area contributed by atoms with Crippen LogP contribution in [0.4, 0.5) is 0 Å². The highest BCUT2D eigenvalue weighted by Crippen LogP contribution is 2.32. The Hall–Kier alpha value is -2.04. The third kappa shape index (κ3) is 3.54. The normalized spacial score (nSPS) is 10.0. The first-order valence-electron chi connectivity index (χ1n) is 5.85. The van der Waals surface area contributed by atoms with E-state index in [0.717, 1.165) is 0 Å². The van der Waals surface area contributed by atoms with E-state index in [4.69, 9.17) is 32.7 Å². The maximum atomic E-state index is 12.0. The highest BCUT2D eigenvalue weighted by atomic mass is 35.5. The van der Waals surface area contributed by atoms with Crippen LogP contribution in [0, 0.1) is 0 Å². The van der Waals surface area contributed by atoms with E-state index in [0.29, 0.717) is 17.6 Å². The maximum Gasteiger partial charge on any atom is 0.343 e. The Balaban J connectivity index is 2.28. The SMILES string of the molecule is COc1ccc(C(=O)Oc2c(Cl)cc(Cl)cc2C=O)cc1. The van der Waals surface area contributed by atoms with Gasteiger partial charge in [-0.25, -0.2) is 4.79 Å². The number of methoxy groups -OCH3 is 1. The fourth-order valence-electron chi connectivity index (χ4n) is 1.65. The second-order valence-corrected chi connectivity index (χ2v) is 4.89. The van der Waals surface area contributed by atoms with Crippen LogP contribution in [0.5, 0.6) is 11.5 Å². The molecule has 0 unspecified atom stereocenters. The van der Waals surface area contributed by atoms with Crippen molar-refractivity contribution in [3.8, 4) is 11.5 Å². The Morgan fingerprint density at radius 3 is 2.38 bits per heavy atom. The van der Waals surface area contributed by atoms with E-state index in [-0.39, 0.29) is 21.4 Å². The van der Waals surface area contributed by atoms with Gasteiger partial charge in [0.25, 0.3) is 0 Å². The zero-order valence-corrected chi connectivity index (χ0v) is 12.4. The number of rotatable bonds is 4. The fourth-order valence-corrected chi connectivity index (χ4v) is 2.20. The molecule has 0 amide bonds. The topological polar surface area (TPSA) is 52.6 Å². The van der Waals surface area contributed by atoms with Crippen molar-refractivity contribution in [3.05, 3.63) is 57.6 Å². The molecule has 0 aromatic heterocycles. The molecule has 0 heterocycles. The van der Waals surface area contributed by atoms with E-state index in [1.54, 1.807) is 24.3 Å². The molecular formula is C15H10Cl2O4. The number of benzene rings is 2. The molecule has 0 saturated heterocycles. The number of carbonyl (C=O) groups is 2. The van der Waals surface area contributed by atoms with E-state index < -0.39 is 5.97 Å². The van der Waals surface area contributed by atoms with Crippen molar-refractivity contribution in [2.75, 3.05) is 7.11 Å². The number of esters is 1. The quantitative estimate of drug-likeness (QED) is 0.484. The summed E-state index contributed by atoms with van der Waals surface area (Å²) in [4.78, 5) is 23.1. The second kappa shape index (κ2) is 6.61. The third-order valence-electron chi connectivity index (χ3n) is 2.68. The summed E-state index contributed by atoms with van der Waals surface area (Å²) in [5.74, 6) is -0.0356. The summed E-state index contributed by atoms with van der Waals surface area (Å²) in [5.41, 5.74) is 0.410. The van der Waals surface area contributed by atoms with Gasteiger partial charge in [0.05, 0.1) is 23.3 Å². The van der Waals surface area contributed by atoms with Crippen LogP contribution in [0.2, 0.25) is 10.0 Å². The summed E-state index contributed by atoms with van der Waals surface area (Å²) in [6, 6.07) is 9.11. The van der Waals surface area contributed by atoms with E-state index in [1.807, 2.05) is 0 Å². The molecule has 108 valence electrons. The minimum Gasteiger partial charge on any atom is -0.497 e. The first-order chi connectivity index (χ1) is 10.0. The molecule has 6 heteroatoms. The van der Waals surface area contributed by atoms with Crippen molar-refractivity contribution >= 4 is 35.5 Å². The molecule has 2 aromatic rings. The van der Waals surface area contributed by atoms with Gasteiger partial charge in [-0.05, 0) is 36.4 Å². The average Bonchev–Trinajstić information content (AvgIpc) is 2.49. The van der Waals surface area contributed by atoms with Crippen LogP contribution < -0.4 is 9.47 Å². The molecule has 4 nitrogen and oxygen atoms in total. The minimum absolute atomic E-state index is 0.0168. The largest absolute Gasteiger partial charge is 0.497 e. The molecule has 0 saturated carbocycles. The van der Waals surface area contributed by atoms with Gasteiger partial charge in [-0.1, -0.05) is 23.2 Å². The number of hydrogen-bond donors (Lipinski definition) is 0.